The minimum atomic E-state index is 0.458. The Hall–Kier alpha value is -3.14. The third kappa shape index (κ3) is 3.60. The van der Waals surface area contributed by atoms with Crippen LogP contribution in [-0.4, -0.2) is 18.4 Å². The van der Waals surface area contributed by atoms with Crippen LogP contribution < -0.4 is 9.47 Å². The summed E-state index contributed by atoms with van der Waals surface area (Å²) in [5.74, 6) is 1.30. The van der Waals surface area contributed by atoms with Crippen LogP contribution in [0.1, 0.15) is 15.9 Å². The van der Waals surface area contributed by atoms with Gasteiger partial charge in [0.1, 0.15) is 18.1 Å². The van der Waals surface area contributed by atoms with Gasteiger partial charge in [0.05, 0.1) is 13.3 Å². The summed E-state index contributed by atoms with van der Waals surface area (Å²) >= 11 is 0. The second-order valence-electron chi connectivity index (χ2n) is 5.25. The number of hydrogen-bond donors (Lipinski definition) is 0. The molecule has 120 valence electrons. The minimum Gasteiger partial charge on any atom is -0.495 e. The average molecular weight is 319 g/mol. The van der Waals surface area contributed by atoms with E-state index in [1.807, 2.05) is 48.5 Å². The lowest BCUT2D eigenvalue weighted by atomic mass is 10.0. The van der Waals surface area contributed by atoms with Crippen LogP contribution in [0.5, 0.6) is 11.5 Å². The number of carbonyl (C=O) groups excluding carboxylic acids is 1. The third-order valence-electron chi connectivity index (χ3n) is 3.66. The molecular weight excluding hydrogens is 302 g/mol. The number of rotatable bonds is 6. The van der Waals surface area contributed by atoms with E-state index in [1.165, 1.54) is 0 Å². The quantitative estimate of drug-likeness (QED) is 0.640. The summed E-state index contributed by atoms with van der Waals surface area (Å²) in [5.41, 5.74) is 3.25. The van der Waals surface area contributed by atoms with Crippen LogP contribution in [-0.2, 0) is 6.61 Å². The molecule has 0 atom stereocenters. The second kappa shape index (κ2) is 7.42. The van der Waals surface area contributed by atoms with Gasteiger partial charge >= 0.3 is 0 Å². The molecule has 4 heteroatoms. The first-order chi connectivity index (χ1) is 11.8. The second-order valence-corrected chi connectivity index (χ2v) is 5.25. The van der Waals surface area contributed by atoms with Crippen LogP contribution in [0.15, 0.2) is 67.0 Å². The molecule has 0 fully saturated rings. The number of pyridine rings is 1. The molecule has 0 radical (unpaired) electrons. The lowest BCUT2D eigenvalue weighted by molar-refractivity contribution is 0.112. The van der Waals surface area contributed by atoms with Crippen molar-refractivity contribution in [3.05, 3.63) is 78.1 Å². The molecule has 1 aromatic heterocycles. The molecular formula is C20H17NO3. The Bertz CT molecular complexity index is 831. The Morgan fingerprint density at radius 1 is 1.00 bits per heavy atom. The Morgan fingerprint density at radius 2 is 1.83 bits per heavy atom. The van der Waals surface area contributed by atoms with Gasteiger partial charge in [0.2, 0.25) is 0 Å². The lowest BCUT2D eigenvalue weighted by Crippen LogP contribution is -1.97. The van der Waals surface area contributed by atoms with Crippen molar-refractivity contribution in [3.8, 4) is 22.6 Å². The van der Waals surface area contributed by atoms with E-state index in [0.717, 1.165) is 23.0 Å². The minimum absolute atomic E-state index is 0.458. The normalized spacial score (nSPS) is 10.2. The number of methoxy groups -OCH3 is 1. The fourth-order valence-corrected chi connectivity index (χ4v) is 2.41. The molecule has 0 aliphatic carbocycles. The zero-order chi connectivity index (χ0) is 16.8. The van der Waals surface area contributed by atoms with Crippen LogP contribution in [0.2, 0.25) is 0 Å². The highest BCUT2D eigenvalue weighted by atomic mass is 16.5. The topological polar surface area (TPSA) is 48.4 Å². The molecule has 24 heavy (non-hydrogen) atoms. The van der Waals surface area contributed by atoms with Crippen LogP contribution in [0.25, 0.3) is 11.1 Å². The SMILES string of the molecule is COc1cncc(-c2ccc(OCc3ccccc3)cc2C=O)c1. The monoisotopic (exact) mass is 319 g/mol. The highest BCUT2D eigenvalue weighted by Gasteiger charge is 2.08. The molecule has 3 rings (SSSR count). The van der Waals surface area contributed by atoms with Gasteiger partial charge in [0.25, 0.3) is 0 Å². The van der Waals surface area contributed by atoms with Crippen LogP contribution in [0, 0.1) is 0 Å². The summed E-state index contributed by atoms with van der Waals surface area (Å²) in [6, 6.07) is 17.2. The van der Waals surface area contributed by atoms with Gasteiger partial charge in [-0.3, -0.25) is 9.78 Å². The number of benzene rings is 2. The summed E-state index contributed by atoms with van der Waals surface area (Å²) in [5, 5.41) is 0. The summed E-state index contributed by atoms with van der Waals surface area (Å²) < 4.78 is 11.0. The van der Waals surface area contributed by atoms with Crippen molar-refractivity contribution in [2.24, 2.45) is 0 Å². The Kier molecular flexibility index (Phi) is 4.87. The number of ether oxygens (including phenoxy) is 2. The van der Waals surface area contributed by atoms with Gasteiger partial charge in [-0.15, -0.1) is 0 Å². The smallest absolute Gasteiger partial charge is 0.150 e. The summed E-state index contributed by atoms with van der Waals surface area (Å²) in [4.78, 5) is 15.6. The summed E-state index contributed by atoms with van der Waals surface area (Å²) in [6.07, 6.45) is 4.15. The number of carbonyl (C=O) groups is 1. The average Bonchev–Trinajstić information content (AvgIpc) is 2.67. The number of nitrogens with zero attached hydrogens (tertiary/aromatic N) is 1. The maximum absolute atomic E-state index is 11.5. The zero-order valence-corrected chi connectivity index (χ0v) is 13.3. The number of hydrogen-bond acceptors (Lipinski definition) is 4. The van der Waals surface area contributed by atoms with Crippen molar-refractivity contribution < 1.29 is 14.3 Å². The van der Waals surface area contributed by atoms with Gasteiger partial charge in [-0.2, -0.15) is 0 Å². The molecule has 3 aromatic rings. The van der Waals surface area contributed by atoms with Gasteiger partial charge in [-0.05, 0) is 35.4 Å². The highest BCUT2D eigenvalue weighted by molar-refractivity contribution is 5.88. The van der Waals surface area contributed by atoms with Crippen molar-refractivity contribution in [2.75, 3.05) is 7.11 Å². The maximum Gasteiger partial charge on any atom is 0.150 e. The maximum atomic E-state index is 11.5. The molecule has 2 aromatic carbocycles. The predicted molar refractivity (Wildman–Crippen MR) is 92.4 cm³/mol. The Balaban J connectivity index is 1.83. The Morgan fingerprint density at radius 3 is 2.58 bits per heavy atom. The van der Waals surface area contributed by atoms with E-state index < -0.39 is 0 Å². The van der Waals surface area contributed by atoms with Crippen molar-refractivity contribution in [3.63, 3.8) is 0 Å². The van der Waals surface area contributed by atoms with Crippen molar-refractivity contribution in [1.29, 1.82) is 0 Å². The van der Waals surface area contributed by atoms with E-state index in [-0.39, 0.29) is 0 Å². The molecule has 0 saturated carbocycles. The number of aldehydes is 1. The van der Waals surface area contributed by atoms with E-state index in [1.54, 1.807) is 25.6 Å². The first kappa shape index (κ1) is 15.7. The van der Waals surface area contributed by atoms with Crippen LogP contribution in [0.4, 0.5) is 0 Å². The van der Waals surface area contributed by atoms with Gasteiger partial charge in [0.15, 0.2) is 6.29 Å². The third-order valence-corrected chi connectivity index (χ3v) is 3.66. The standard InChI is InChI=1S/C20H17NO3/c1-23-19-9-16(11-21-12-19)20-8-7-18(10-17(20)13-22)24-14-15-5-3-2-4-6-15/h2-13H,14H2,1H3. The molecule has 0 saturated heterocycles. The molecule has 0 unspecified atom stereocenters. The first-order valence-corrected chi connectivity index (χ1v) is 7.55. The van der Waals surface area contributed by atoms with E-state index in [9.17, 15) is 4.79 Å². The van der Waals surface area contributed by atoms with Gasteiger partial charge in [-0.1, -0.05) is 30.3 Å². The molecule has 0 bridgehead atoms. The fourth-order valence-electron chi connectivity index (χ4n) is 2.41. The summed E-state index contributed by atoms with van der Waals surface area (Å²) in [6.45, 7) is 0.458. The number of aromatic nitrogens is 1. The van der Waals surface area contributed by atoms with Crippen molar-refractivity contribution >= 4 is 6.29 Å². The first-order valence-electron chi connectivity index (χ1n) is 7.55. The van der Waals surface area contributed by atoms with Gasteiger partial charge < -0.3 is 9.47 Å². The molecule has 0 spiro atoms. The largest absolute Gasteiger partial charge is 0.495 e. The molecule has 1 heterocycles. The summed E-state index contributed by atoms with van der Waals surface area (Å²) in [7, 11) is 1.59. The molecule has 0 aliphatic rings. The van der Waals surface area contributed by atoms with E-state index >= 15 is 0 Å². The van der Waals surface area contributed by atoms with Gasteiger partial charge in [0, 0.05) is 17.3 Å². The molecule has 0 amide bonds. The molecule has 0 aliphatic heterocycles. The van der Waals surface area contributed by atoms with Gasteiger partial charge in [-0.25, -0.2) is 0 Å². The lowest BCUT2D eigenvalue weighted by Gasteiger charge is -2.10. The zero-order valence-electron chi connectivity index (χ0n) is 13.3. The van der Waals surface area contributed by atoms with Crippen molar-refractivity contribution in [1.82, 2.24) is 4.98 Å². The van der Waals surface area contributed by atoms with Crippen LogP contribution in [0.3, 0.4) is 0 Å². The van der Waals surface area contributed by atoms with E-state index in [4.69, 9.17) is 9.47 Å². The molecule has 4 nitrogen and oxygen atoms in total. The Labute approximate surface area is 140 Å². The fraction of sp³-hybridized carbons (Fsp3) is 0.100. The van der Waals surface area contributed by atoms with E-state index in [0.29, 0.717) is 23.7 Å². The van der Waals surface area contributed by atoms with E-state index in [2.05, 4.69) is 4.98 Å². The predicted octanol–water partition coefficient (Wildman–Crippen LogP) is 4.15. The highest BCUT2D eigenvalue weighted by Crippen LogP contribution is 2.28. The molecule has 0 N–H and O–H groups in total. The van der Waals surface area contributed by atoms with Crippen molar-refractivity contribution in [2.45, 2.75) is 6.61 Å². The van der Waals surface area contributed by atoms with Crippen LogP contribution >= 0.6 is 0 Å².